The summed E-state index contributed by atoms with van der Waals surface area (Å²) in [6.07, 6.45) is -0.0262. The van der Waals surface area contributed by atoms with Gasteiger partial charge >= 0.3 is 0 Å². The van der Waals surface area contributed by atoms with Crippen LogP contribution in [0, 0.1) is 6.92 Å². The Bertz CT molecular complexity index is 397. The highest BCUT2D eigenvalue weighted by Gasteiger charge is 2.23. The zero-order valence-corrected chi connectivity index (χ0v) is 12.6. The number of nitrogens with zero attached hydrogens (tertiary/aromatic N) is 1. The summed E-state index contributed by atoms with van der Waals surface area (Å²) >= 11 is 0. The van der Waals surface area contributed by atoms with E-state index < -0.39 is 6.10 Å². The number of hydrogen-bond donors (Lipinski definition) is 1. The Hall–Kier alpha value is -1.10. The smallest absolute Gasteiger partial charge is 0.119 e. The minimum Gasteiger partial charge on any atom is -0.491 e. The number of aliphatic hydroxyl groups is 1. The lowest BCUT2D eigenvalue weighted by atomic mass is 10.2. The van der Waals surface area contributed by atoms with Gasteiger partial charge < -0.3 is 14.6 Å². The van der Waals surface area contributed by atoms with Crippen molar-refractivity contribution in [1.29, 1.82) is 0 Å². The molecular weight excluding hydrogens is 254 g/mol. The average molecular weight is 279 g/mol. The summed E-state index contributed by atoms with van der Waals surface area (Å²) in [4.78, 5) is 2.24. The molecule has 1 aliphatic heterocycles. The van der Waals surface area contributed by atoms with Gasteiger partial charge in [0.15, 0.2) is 0 Å². The lowest BCUT2D eigenvalue weighted by molar-refractivity contribution is -0.0786. The molecule has 4 heteroatoms. The van der Waals surface area contributed by atoms with Crippen LogP contribution in [0.3, 0.4) is 0 Å². The molecule has 0 saturated carbocycles. The van der Waals surface area contributed by atoms with Crippen molar-refractivity contribution in [3.63, 3.8) is 0 Å². The highest BCUT2D eigenvalue weighted by Crippen LogP contribution is 2.13. The van der Waals surface area contributed by atoms with Crippen LogP contribution in [0.25, 0.3) is 0 Å². The predicted molar refractivity (Wildman–Crippen MR) is 79.1 cm³/mol. The van der Waals surface area contributed by atoms with Crippen LogP contribution in [-0.4, -0.2) is 54.6 Å². The van der Waals surface area contributed by atoms with Gasteiger partial charge in [0.2, 0.25) is 0 Å². The zero-order valence-electron chi connectivity index (χ0n) is 12.6. The number of aryl methyl sites for hydroxylation is 1. The molecule has 0 bridgehead atoms. The molecule has 1 N–H and O–H groups in total. The number of ether oxygens (including phenoxy) is 2. The van der Waals surface area contributed by atoms with Crippen LogP contribution in [-0.2, 0) is 4.74 Å². The van der Waals surface area contributed by atoms with E-state index in [9.17, 15) is 5.11 Å². The molecule has 3 atom stereocenters. The molecule has 0 radical (unpaired) electrons. The van der Waals surface area contributed by atoms with Crippen molar-refractivity contribution < 1.29 is 14.6 Å². The molecule has 0 amide bonds. The maximum absolute atomic E-state index is 10.1. The van der Waals surface area contributed by atoms with E-state index in [-0.39, 0.29) is 12.2 Å². The summed E-state index contributed by atoms with van der Waals surface area (Å²) in [5.41, 5.74) is 1.20. The van der Waals surface area contributed by atoms with Gasteiger partial charge in [-0.15, -0.1) is 0 Å². The van der Waals surface area contributed by atoms with Gasteiger partial charge in [-0.1, -0.05) is 17.7 Å². The number of morpholine rings is 1. The first-order valence-electron chi connectivity index (χ1n) is 7.28. The Morgan fingerprint density at radius 3 is 2.45 bits per heavy atom. The summed E-state index contributed by atoms with van der Waals surface area (Å²) in [5.74, 6) is 0.804. The fourth-order valence-electron chi connectivity index (χ4n) is 2.61. The quantitative estimate of drug-likeness (QED) is 0.893. The molecule has 4 nitrogen and oxygen atoms in total. The second-order valence-corrected chi connectivity index (χ2v) is 5.75. The lowest BCUT2D eigenvalue weighted by Crippen LogP contribution is -2.48. The van der Waals surface area contributed by atoms with Gasteiger partial charge in [0.05, 0.1) is 12.2 Å². The van der Waals surface area contributed by atoms with Crippen LogP contribution in [0.5, 0.6) is 5.75 Å². The summed E-state index contributed by atoms with van der Waals surface area (Å²) in [7, 11) is 0. The summed E-state index contributed by atoms with van der Waals surface area (Å²) in [5, 5.41) is 10.1. The Labute approximate surface area is 121 Å². The van der Waals surface area contributed by atoms with Crippen LogP contribution >= 0.6 is 0 Å². The lowest BCUT2D eigenvalue weighted by Gasteiger charge is -2.36. The van der Waals surface area contributed by atoms with E-state index in [1.54, 1.807) is 0 Å². The van der Waals surface area contributed by atoms with Crippen LogP contribution in [0.1, 0.15) is 19.4 Å². The van der Waals surface area contributed by atoms with E-state index >= 15 is 0 Å². The highest BCUT2D eigenvalue weighted by molar-refractivity contribution is 5.26. The van der Waals surface area contributed by atoms with E-state index in [1.165, 1.54) is 5.56 Å². The third-order valence-corrected chi connectivity index (χ3v) is 3.43. The van der Waals surface area contributed by atoms with Crippen molar-refractivity contribution in [3.8, 4) is 5.75 Å². The molecule has 1 heterocycles. The van der Waals surface area contributed by atoms with E-state index in [0.717, 1.165) is 18.8 Å². The second-order valence-electron chi connectivity index (χ2n) is 5.75. The SMILES string of the molecule is Cc1ccc(OC[C@@H](O)CN2C[C@@H](C)O[C@@H](C)C2)cc1. The fraction of sp³-hybridized carbons (Fsp3) is 0.625. The molecule has 2 rings (SSSR count). The molecule has 1 fully saturated rings. The predicted octanol–water partition coefficient (Wildman–Crippen LogP) is 1.84. The molecule has 112 valence electrons. The third kappa shape index (κ3) is 4.78. The van der Waals surface area contributed by atoms with E-state index in [0.29, 0.717) is 13.2 Å². The number of β-amino-alcohol motifs (C(OH)–C–C–N with tert-alkyl or cyclic N) is 1. The number of aliphatic hydroxyl groups excluding tert-OH is 1. The Morgan fingerprint density at radius 2 is 1.85 bits per heavy atom. The molecular formula is C16H25NO3. The van der Waals surface area contributed by atoms with Gasteiger partial charge in [0.25, 0.3) is 0 Å². The Balaban J connectivity index is 1.74. The van der Waals surface area contributed by atoms with Crippen molar-refractivity contribution in [1.82, 2.24) is 4.90 Å². The van der Waals surface area contributed by atoms with Crippen molar-refractivity contribution in [2.45, 2.75) is 39.1 Å². The molecule has 1 aromatic carbocycles. The summed E-state index contributed by atoms with van der Waals surface area (Å²) < 4.78 is 11.3. The Morgan fingerprint density at radius 1 is 1.25 bits per heavy atom. The molecule has 0 aliphatic carbocycles. The first-order valence-corrected chi connectivity index (χ1v) is 7.28. The van der Waals surface area contributed by atoms with Crippen molar-refractivity contribution in [2.24, 2.45) is 0 Å². The van der Waals surface area contributed by atoms with Crippen LogP contribution in [0.4, 0.5) is 0 Å². The normalized spacial score (nSPS) is 25.4. The number of rotatable bonds is 5. The van der Waals surface area contributed by atoms with E-state index in [1.807, 2.05) is 31.2 Å². The van der Waals surface area contributed by atoms with Crippen molar-refractivity contribution in [3.05, 3.63) is 29.8 Å². The topological polar surface area (TPSA) is 41.9 Å². The van der Waals surface area contributed by atoms with Crippen LogP contribution in [0.2, 0.25) is 0 Å². The minimum atomic E-state index is -0.478. The van der Waals surface area contributed by atoms with E-state index in [2.05, 4.69) is 18.7 Å². The summed E-state index contributed by atoms with van der Waals surface area (Å²) in [6.45, 7) is 8.86. The maximum Gasteiger partial charge on any atom is 0.119 e. The summed E-state index contributed by atoms with van der Waals surface area (Å²) in [6, 6.07) is 7.88. The monoisotopic (exact) mass is 279 g/mol. The maximum atomic E-state index is 10.1. The van der Waals surface area contributed by atoms with Crippen molar-refractivity contribution in [2.75, 3.05) is 26.2 Å². The first kappa shape index (κ1) is 15.3. The molecule has 0 unspecified atom stereocenters. The van der Waals surface area contributed by atoms with Gasteiger partial charge in [-0.2, -0.15) is 0 Å². The van der Waals surface area contributed by atoms with E-state index in [4.69, 9.17) is 9.47 Å². The average Bonchev–Trinajstić information content (AvgIpc) is 2.37. The van der Waals surface area contributed by atoms with Gasteiger partial charge in [0.1, 0.15) is 18.5 Å². The minimum absolute atomic E-state index is 0.226. The zero-order chi connectivity index (χ0) is 14.5. The molecule has 1 aliphatic rings. The van der Waals surface area contributed by atoms with Gasteiger partial charge in [-0.05, 0) is 32.9 Å². The van der Waals surface area contributed by atoms with Crippen LogP contribution in [0.15, 0.2) is 24.3 Å². The molecule has 20 heavy (non-hydrogen) atoms. The van der Waals surface area contributed by atoms with Gasteiger partial charge in [0, 0.05) is 19.6 Å². The second kappa shape index (κ2) is 7.07. The van der Waals surface area contributed by atoms with Gasteiger partial charge in [-0.3, -0.25) is 4.90 Å². The fourth-order valence-corrected chi connectivity index (χ4v) is 2.61. The molecule has 0 spiro atoms. The van der Waals surface area contributed by atoms with Crippen molar-refractivity contribution >= 4 is 0 Å². The molecule has 1 aromatic rings. The molecule has 1 saturated heterocycles. The van der Waals surface area contributed by atoms with Gasteiger partial charge in [-0.25, -0.2) is 0 Å². The highest BCUT2D eigenvalue weighted by atomic mass is 16.5. The standard InChI is InChI=1S/C16H25NO3/c1-12-4-6-16(7-5-12)19-11-15(18)10-17-8-13(2)20-14(3)9-17/h4-7,13-15,18H,8-11H2,1-3H3/t13-,14+,15-/m0/s1. The first-order chi connectivity index (χ1) is 9.52. The largest absolute Gasteiger partial charge is 0.491 e. The molecule has 0 aromatic heterocycles. The Kier molecular flexibility index (Phi) is 5.40. The third-order valence-electron chi connectivity index (χ3n) is 3.43. The number of benzene rings is 1. The van der Waals surface area contributed by atoms with Crippen LogP contribution < -0.4 is 4.74 Å². The number of hydrogen-bond acceptors (Lipinski definition) is 4.